The van der Waals surface area contributed by atoms with E-state index in [1.165, 1.54) is 253 Å². The molecular formula is C124H148N12. The molecule has 4 heterocycles. The van der Waals surface area contributed by atoms with E-state index in [-0.39, 0.29) is 0 Å². The Morgan fingerprint density at radius 2 is 0.588 bits per heavy atom. The summed E-state index contributed by atoms with van der Waals surface area (Å²) in [5, 5.41) is 44.7. The Kier molecular flexibility index (Phi) is 22.0. The number of rotatable bonds is 8. The van der Waals surface area contributed by atoms with Crippen molar-refractivity contribution in [3.05, 3.63) is 277 Å². The van der Waals surface area contributed by atoms with Gasteiger partial charge in [0, 0.05) is 24.8 Å². The van der Waals surface area contributed by atoms with E-state index in [0.717, 1.165) is 95.2 Å². The third-order valence-corrected chi connectivity index (χ3v) is 44.3. The van der Waals surface area contributed by atoms with Crippen LogP contribution in [0.1, 0.15) is 319 Å². The van der Waals surface area contributed by atoms with Crippen molar-refractivity contribution >= 4 is 54.2 Å². The molecular weight excluding hydrogens is 1660 g/mol. The zero-order chi connectivity index (χ0) is 91.7. The minimum absolute atomic E-state index is 0.309. The van der Waals surface area contributed by atoms with Crippen molar-refractivity contribution in [3.8, 4) is 0 Å². The third kappa shape index (κ3) is 14.4. The molecule has 12 nitrogen and oxygen atoms in total. The maximum absolute atomic E-state index is 4.36. The lowest BCUT2D eigenvalue weighted by molar-refractivity contribution is -0.113. The monoisotopic (exact) mass is 1810 g/mol. The van der Waals surface area contributed by atoms with Gasteiger partial charge in [-0.05, 0) is 432 Å². The number of benzene rings is 8. The average Bonchev–Trinajstić information content (AvgIpc) is 1.48. The summed E-state index contributed by atoms with van der Waals surface area (Å²) in [7, 11) is 0. The molecule has 0 radical (unpaired) electrons. The first-order valence-corrected chi connectivity index (χ1v) is 54.4. The van der Waals surface area contributed by atoms with Crippen LogP contribution in [0.2, 0.25) is 0 Å². The highest BCUT2D eigenvalue weighted by Crippen LogP contribution is 2.74. The first-order valence-electron chi connectivity index (χ1n) is 54.4. The summed E-state index contributed by atoms with van der Waals surface area (Å²) >= 11 is 0. The van der Waals surface area contributed by atoms with Gasteiger partial charge in [-0.3, -0.25) is 0 Å². The summed E-state index contributed by atoms with van der Waals surface area (Å²) in [6.07, 6.45) is 69.0. The average molecular weight is 1810 g/mol. The first kappa shape index (κ1) is 87.8. The molecule has 8 aromatic carbocycles. The molecule has 0 aliphatic heterocycles. The second kappa shape index (κ2) is 34.1. The molecule has 0 spiro atoms. The Bertz CT molecular complexity index is 6380. The minimum atomic E-state index is 0.309. The largest absolute Gasteiger partial charge is 0.250 e. The van der Waals surface area contributed by atoms with Gasteiger partial charge in [-0.25, -0.2) is 18.7 Å². The van der Waals surface area contributed by atoms with Gasteiger partial charge in [-0.1, -0.05) is 269 Å². The normalized spacial score (nSPS) is 39.2. The molecule has 4 aromatic heterocycles. The van der Waals surface area contributed by atoms with Crippen molar-refractivity contribution in [2.45, 2.75) is 297 Å². The molecule has 12 fully saturated rings. The molecule has 12 saturated carbocycles. The maximum Gasteiger partial charge on any atom is 0.0693 e. The van der Waals surface area contributed by atoms with Gasteiger partial charge in [-0.2, -0.15) is 0 Å². The number of hydrogen-bond donors (Lipinski definition) is 0. The molecule has 28 rings (SSSR count). The number of nitrogens with zero attached hydrogens (tertiary/aromatic N) is 12. The molecule has 136 heavy (non-hydrogen) atoms. The van der Waals surface area contributed by atoms with Crippen molar-refractivity contribution in [1.82, 2.24) is 60.0 Å². The van der Waals surface area contributed by atoms with E-state index in [2.05, 4.69) is 328 Å². The lowest BCUT2D eigenvalue weighted by atomic mass is 9.44. The SMILES string of the molecule is C[C@]12CC[C@@H](n3ccnn3)CC1=CC[C@@H]1[C@@H]2CC[C@]2(C)C(c3ccc4ccccc4c3)=CC[C@@H]12.C[C@]12CC[C@@H](n3ccnn3)C[C@@H]1CC[C@@H]1[C@@H]2CC[C@]2(C)C(c3ccc4ccccc4c3)=CC[C@@H]12.C[C@]12CC[C@@H](n3ccnn3)C[C@@H]1CC[C@@H]1[C@@H]2CC[C@]2(C)[C@@H](c3ccc4ccccc4c3)CC[C@@H]12.C[C@]12CC[C@H]3[C@@H](CC=C4C[C@H](n5ccnn5)CC[C@@]43C)[C@@H]1CC[C@@H]2c1ccc2ccccc2c1. The van der Waals surface area contributed by atoms with Gasteiger partial charge in [0.1, 0.15) is 0 Å². The Morgan fingerprint density at radius 1 is 0.257 bits per heavy atom. The van der Waals surface area contributed by atoms with Crippen LogP contribution in [0.25, 0.3) is 54.2 Å². The summed E-state index contributed by atoms with van der Waals surface area (Å²) < 4.78 is 8.49. The van der Waals surface area contributed by atoms with Crippen LogP contribution in [0.15, 0.2) is 255 Å². The third-order valence-electron chi connectivity index (χ3n) is 44.3. The standard InChI is InChI=1S/C31H39N3.2C31H37N3.C31H35N3/c4*1-30-15-13-25(34-18-17-32-33-34)20-24(30)9-10-26-28-12-11-27(31(28,2)16-14-29(26)30)23-8-7-21-5-3-4-6-22(21)19-23/h3-8,17-19,24-29H,9-16,20H2,1-2H3;3-8,11,17-19,24-26,28-29H,9-10,12-16,20H2,1-2H3;3-9,17-19,25-29H,10-16,20H2,1-2H3;3-9,11,17-19,25-26,28-29H,10,12-16,20H2,1-2H3/t24-,25+,26-,27+,28-,29-,30-,31+;24-,25+,26-,28-,29-,30-,31+;25-,26+,27-,28+,29+,30+,31-;25-,26+,28+,29+,30+,31-/m0011/s1. The molecule has 12 aromatic rings. The summed E-state index contributed by atoms with van der Waals surface area (Å²) in [5.74, 6) is 13.5. The van der Waals surface area contributed by atoms with Crippen LogP contribution in [0.5, 0.6) is 0 Å². The number of aromatic nitrogens is 12. The van der Waals surface area contributed by atoms with Crippen LogP contribution in [-0.2, 0) is 0 Å². The van der Waals surface area contributed by atoms with Crippen LogP contribution < -0.4 is 0 Å². The predicted molar refractivity (Wildman–Crippen MR) is 551 cm³/mol. The van der Waals surface area contributed by atoms with Gasteiger partial charge in [0.2, 0.25) is 0 Å². The van der Waals surface area contributed by atoms with Gasteiger partial charge in [0.25, 0.3) is 0 Å². The quantitative estimate of drug-likeness (QED) is 0.138. The predicted octanol–water partition coefficient (Wildman–Crippen LogP) is 30.9. The Balaban J connectivity index is 0.0000000965. The molecule has 0 N–H and O–H groups in total. The van der Waals surface area contributed by atoms with Gasteiger partial charge in [0.05, 0.1) is 49.0 Å². The van der Waals surface area contributed by atoms with Crippen LogP contribution >= 0.6 is 0 Å². The number of hydrogen-bond acceptors (Lipinski definition) is 8. The summed E-state index contributed by atoms with van der Waals surface area (Å²) in [6.45, 7) is 21.1. The highest BCUT2D eigenvalue weighted by molar-refractivity contribution is 5.89. The topological polar surface area (TPSA) is 123 Å². The van der Waals surface area contributed by atoms with E-state index >= 15 is 0 Å². The number of allylic oxidation sites excluding steroid dienone is 8. The summed E-state index contributed by atoms with van der Waals surface area (Å²) in [5.41, 5.74) is 16.2. The Hall–Kier alpha value is -9.68. The zero-order valence-electron chi connectivity index (χ0n) is 82.6. The minimum Gasteiger partial charge on any atom is -0.250 e. The molecule has 0 bridgehead atoms. The van der Waals surface area contributed by atoms with Gasteiger partial charge in [-0.15, -0.1) is 20.4 Å². The molecule has 0 saturated heterocycles. The van der Waals surface area contributed by atoms with Crippen LogP contribution in [0, 0.1) is 126 Å². The molecule has 16 aliphatic carbocycles. The maximum atomic E-state index is 4.36. The van der Waals surface area contributed by atoms with E-state index in [4.69, 9.17) is 0 Å². The van der Waals surface area contributed by atoms with Crippen molar-refractivity contribution < 1.29 is 0 Å². The van der Waals surface area contributed by atoms with Crippen molar-refractivity contribution in [3.63, 3.8) is 0 Å². The van der Waals surface area contributed by atoms with Crippen molar-refractivity contribution in [2.24, 2.45) is 126 Å². The smallest absolute Gasteiger partial charge is 0.0693 e. The van der Waals surface area contributed by atoms with Crippen molar-refractivity contribution in [1.29, 1.82) is 0 Å². The second-order valence-electron chi connectivity index (χ2n) is 49.3. The fourth-order valence-electron chi connectivity index (χ4n) is 37.0. The van der Waals surface area contributed by atoms with Crippen molar-refractivity contribution in [2.75, 3.05) is 0 Å². The lowest BCUT2D eigenvalue weighted by Crippen LogP contribution is -2.53. The fraction of sp³-hybridized carbons (Fsp3) is 0.548. The molecule has 12 heteroatoms. The van der Waals surface area contributed by atoms with Gasteiger partial charge >= 0.3 is 0 Å². The van der Waals surface area contributed by atoms with Crippen LogP contribution in [-0.4, -0.2) is 60.0 Å². The molecule has 16 aliphatic rings. The van der Waals surface area contributed by atoms with E-state index < -0.39 is 0 Å². The highest BCUT2D eigenvalue weighted by atomic mass is 15.4. The lowest BCUT2D eigenvalue weighted by Gasteiger charge is -2.61. The second-order valence-corrected chi connectivity index (χ2v) is 49.3. The first-order chi connectivity index (χ1) is 66.2. The van der Waals surface area contributed by atoms with E-state index in [1.807, 2.05) is 31.0 Å². The van der Waals surface area contributed by atoms with Gasteiger partial charge < -0.3 is 0 Å². The molecule has 704 valence electrons. The zero-order valence-corrected chi connectivity index (χ0v) is 82.6. The summed E-state index contributed by atoms with van der Waals surface area (Å²) in [6, 6.07) is 66.4. The molecule has 0 unspecified atom stereocenters. The van der Waals surface area contributed by atoms with E-state index in [1.54, 1.807) is 33.4 Å². The van der Waals surface area contributed by atoms with E-state index in [0.29, 0.717) is 73.4 Å². The molecule has 0 amide bonds. The van der Waals surface area contributed by atoms with Crippen LogP contribution in [0.4, 0.5) is 0 Å². The molecule has 28 atom stereocenters. The highest BCUT2D eigenvalue weighted by Gasteiger charge is 2.65. The fourth-order valence-corrected chi connectivity index (χ4v) is 37.0. The Labute approximate surface area is 809 Å². The Morgan fingerprint density at radius 3 is 1.01 bits per heavy atom. The van der Waals surface area contributed by atoms with E-state index in [9.17, 15) is 0 Å². The summed E-state index contributed by atoms with van der Waals surface area (Å²) in [4.78, 5) is 0. The van der Waals surface area contributed by atoms with Gasteiger partial charge in [0.15, 0.2) is 0 Å². The number of fused-ring (bicyclic) bond motifs is 24. The van der Waals surface area contributed by atoms with Crippen LogP contribution in [0.3, 0.4) is 0 Å².